The second kappa shape index (κ2) is 9.70. The molecule has 1 saturated heterocycles. The van der Waals surface area contributed by atoms with Crippen LogP contribution in [0.2, 0.25) is 0 Å². The fourth-order valence-electron chi connectivity index (χ4n) is 2.44. The molecule has 1 aliphatic heterocycles. The van der Waals surface area contributed by atoms with Crippen molar-refractivity contribution >= 4 is 41.0 Å². The summed E-state index contributed by atoms with van der Waals surface area (Å²) in [4.78, 5) is 34.6. The number of carboxylic acid groups (broad SMARTS) is 1. The summed E-state index contributed by atoms with van der Waals surface area (Å²) in [6, 6.07) is 13.2. The normalized spacial score (nSPS) is 17.2. The van der Waals surface area contributed by atoms with E-state index in [4.69, 9.17) is 14.6 Å². The van der Waals surface area contributed by atoms with Gasteiger partial charge < -0.3 is 19.9 Å². The summed E-state index contributed by atoms with van der Waals surface area (Å²) in [7, 11) is 1.54. The number of carboxylic acids is 1. The third kappa shape index (κ3) is 5.67. The van der Waals surface area contributed by atoms with Gasteiger partial charge in [-0.25, -0.2) is 4.79 Å². The Morgan fingerprint density at radius 1 is 1.20 bits per heavy atom. The van der Waals surface area contributed by atoms with Crippen LogP contribution in [-0.2, 0) is 9.59 Å². The highest BCUT2D eigenvalue weighted by Gasteiger charge is 2.32. The average molecular weight is 427 g/mol. The molecule has 154 valence electrons. The van der Waals surface area contributed by atoms with E-state index in [1.54, 1.807) is 55.6 Å². The number of nitrogens with zero attached hydrogens (tertiary/aromatic N) is 2. The minimum Gasteiger partial charge on any atom is -0.497 e. The van der Waals surface area contributed by atoms with Crippen LogP contribution in [0.25, 0.3) is 0 Å². The molecule has 1 atom stereocenters. The molecule has 0 radical (unpaired) electrons. The number of amidine groups is 1. The molecule has 0 aromatic heterocycles. The molecule has 1 heterocycles. The van der Waals surface area contributed by atoms with Gasteiger partial charge >= 0.3 is 11.9 Å². The molecule has 2 aromatic rings. The van der Waals surface area contributed by atoms with E-state index in [2.05, 4.69) is 15.5 Å². The molecule has 2 aromatic carbocycles. The number of carbonyl (C=O) groups is 3. The fourth-order valence-corrected chi connectivity index (χ4v) is 3.36. The number of hydrogen-bond donors (Lipinski definition) is 2. The molecule has 2 N–H and O–H groups in total. The first kappa shape index (κ1) is 21.1. The van der Waals surface area contributed by atoms with E-state index >= 15 is 0 Å². The summed E-state index contributed by atoms with van der Waals surface area (Å²) < 4.78 is 10.4. The minimum atomic E-state index is -1.06. The number of hydrogen-bond acceptors (Lipinski definition) is 8. The molecule has 1 amide bonds. The van der Waals surface area contributed by atoms with Gasteiger partial charge in [-0.1, -0.05) is 23.9 Å². The van der Waals surface area contributed by atoms with Crippen LogP contribution < -0.4 is 14.8 Å². The third-order valence-corrected chi connectivity index (χ3v) is 4.96. The maximum absolute atomic E-state index is 12.2. The Balaban J connectivity index is 1.62. The van der Waals surface area contributed by atoms with Gasteiger partial charge in [-0.2, -0.15) is 5.10 Å². The molecular formula is C20H17N3O6S. The van der Waals surface area contributed by atoms with Crippen LogP contribution in [-0.4, -0.2) is 46.7 Å². The summed E-state index contributed by atoms with van der Waals surface area (Å²) in [5.41, 5.74) is 1.00. The molecule has 0 unspecified atom stereocenters. The number of benzene rings is 2. The quantitative estimate of drug-likeness (QED) is 0.300. The maximum Gasteiger partial charge on any atom is 0.343 e. The second-order valence-corrected chi connectivity index (χ2v) is 7.23. The predicted octanol–water partition coefficient (Wildman–Crippen LogP) is 2.31. The Kier molecular flexibility index (Phi) is 6.81. The Bertz CT molecular complexity index is 1020. The van der Waals surface area contributed by atoms with E-state index < -0.39 is 23.1 Å². The molecule has 0 saturated carbocycles. The number of methoxy groups -OCH3 is 1. The molecule has 1 fully saturated rings. The molecule has 30 heavy (non-hydrogen) atoms. The van der Waals surface area contributed by atoms with E-state index in [1.807, 2.05) is 0 Å². The number of esters is 1. The summed E-state index contributed by atoms with van der Waals surface area (Å²) in [6.45, 7) is 0. The smallest absolute Gasteiger partial charge is 0.343 e. The van der Waals surface area contributed by atoms with Crippen molar-refractivity contribution in [3.05, 3.63) is 59.7 Å². The van der Waals surface area contributed by atoms with E-state index in [-0.39, 0.29) is 11.6 Å². The number of nitrogens with one attached hydrogen (secondary N) is 1. The number of rotatable bonds is 7. The van der Waals surface area contributed by atoms with Crippen molar-refractivity contribution in [3.63, 3.8) is 0 Å². The number of aliphatic carboxylic acids is 1. The highest BCUT2D eigenvalue weighted by molar-refractivity contribution is 8.15. The van der Waals surface area contributed by atoms with Crippen LogP contribution in [0, 0.1) is 0 Å². The lowest BCUT2D eigenvalue weighted by Gasteiger charge is -2.05. The number of thioether (sulfide) groups is 1. The standard InChI is InChI=1S/C20H17N3O6S/c1-28-14-7-5-13(6-8-14)19(27)29-15-4-2-3-12(9-15)11-21-23-20-22-18(26)16(30-20)10-17(24)25/h2-9,11,16H,10H2,1H3,(H,24,25)(H,22,23,26)/b21-11-/t16-/m0/s1. The maximum atomic E-state index is 12.2. The van der Waals surface area contributed by atoms with Crippen molar-refractivity contribution in [1.29, 1.82) is 0 Å². The van der Waals surface area contributed by atoms with Crippen LogP contribution in [0.15, 0.2) is 58.7 Å². The molecule has 3 rings (SSSR count). The van der Waals surface area contributed by atoms with Gasteiger partial charge in [0.2, 0.25) is 5.91 Å². The van der Waals surface area contributed by atoms with Crippen LogP contribution in [0.4, 0.5) is 0 Å². The van der Waals surface area contributed by atoms with Crippen molar-refractivity contribution in [3.8, 4) is 11.5 Å². The monoisotopic (exact) mass is 427 g/mol. The Morgan fingerprint density at radius 3 is 2.67 bits per heavy atom. The van der Waals surface area contributed by atoms with Gasteiger partial charge in [0.1, 0.15) is 16.7 Å². The zero-order valence-corrected chi connectivity index (χ0v) is 16.6. The van der Waals surface area contributed by atoms with Crippen molar-refractivity contribution in [2.24, 2.45) is 10.2 Å². The van der Waals surface area contributed by atoms with Crippen molar-refractivity contribution in [1.82, 2.24) is 5.32 Å². The highest BCUT2D eigenvalue weighted by atomic mass is 32.2. The van der Waals surface area contributed by atoms with E-state index in [9.17, 15) is 14.4 Å². The lowest BCUT2D eigenvalue weighted by atomic mass is 10.2. The van der Waals surface area contributed by atoms with Gasteiger partial charge in [-0.15, -0.1) is 5.10 Å². The Hall–Kier alpha value is -3.66. The number of amides is 1. The molecule has 10 heteroatoms. The van der Waals surface area contributed by atoms with Gasteiger partial charge in [0.25, 0.3) is 0 Å². The van der Waals surface area contributed by atoms with Crippen LogP contribution >= 0.6 is 11.8 Å². The van der Waals surface area contributed by atoms with Crippen molar-refractivity contribution in [2.75, 3.05) is 7.11 Å². The van der Waals surface area contributed by atoms with Gasteiger partial charge in [0, 0.05) is 0 Å². The largest absolute Gasteiger partial charge is 0.497 e. The van der Waals surface area contributed by atoms with Gasteiger partial charge in [-0.05, 0) is 42.0 Å². The second-order valence-electron chi connectivity index (χ2n) is 6.03. The first-order chi connectivity index (χ1) is 14.4. The Labute approximate surface area is 175 Å². The van der Waals surface area contributed by atoms with Gasteiger partial charge in [-0.3, -0.25) is 9.59 Å². The number of carbonyl (C=O) groups excluding carboxylic acids is 2. The highest BCUT2D eigenvalue weighted by Crippen LogP contribution is 2.22. The minimum absolute atomic E-state index is 0.226. The molecule has 9 nitrogen and oxygen atoms in total. The topological polar surface area (TPSA) is 127 Å². The molecule has 0 bridgehead atoms. The summed E-state index contributed by atoms with van der Waals surface area (Å²) >= 11 is 1.01. The van der Waals surface area contributed by atoms with E-state index in [0.717, 1.165) is 11.8 Å². The van der Waals surface area contributed by atoms with Crippen LogP contribution in [0.5, 0.6) is 11.5 Å². The lowest BCUT2D eigenvalue weighted by molar-refractivity contribution is -0.138. The van der Waals surface area contributed by atoms with E-state index in [1.165, 1.54) is 6.21 Å². The summed E-state index contributed by atoms with van der Waals surface area (Å²) in [5.74, 6) is -1.02. The molecule has 0 spiro atoms. The third-order valence-electron chi connectivity index (χ3n) is 3.89. The van der Waals surface area contributed by atoms with E-state index in [0.29, 0.717) is 22.6 Å². The predicted molar refractivity (Wildman–Crippen MR) is 111 cm³/mol. The molecule has 1 aliphatic rings. The zero-order valence-electron chi connectivity index (χ0n) is 15.8. The lowest BCUT2D eigenvalue weighted by Crippen LogP contribution is -2.26. The fraction of sp³-hybridized carbons (Fsp3) is 0.150. The average Bonchev–Trinajstić information content (AvgIpc) is 3.06. The SMILES string of the molecule is COc1ccc(C(=O)Oc2cccc(/C=N\N=C3\NC(=O)[C@H](CC(=O)O)S3)c2)cc1. The summed E-state index contributed by atoms with van der Waals surface area (Å²) in [6.07, 6.45) is 1.13. The first-order valence-corrected chi connectivity index (χ1v) is 9.59. The van der Waals surface area contributed by atoms with Crippen LogP contribution in [0.3, 0.4) is 0 Å². The zero-order chi connectivity index (χ0) is 21.5. The van der Waals surface area contributed by atoms with Crippen molar-refractivity contribution < 1.29 is 29.0 Å². The van der Waals surface area contributed by atoms with Crippen molar-refractivity contribution in [2.45, 2.75) is 11.7 Å². The Morgan fingerprint density at radius 2 is 1.97 bits per heavy atom. The van der Waals surface area contributed by atoms with Crippen LogP contribution in [0.1, 0.15) is 22.3 Å². The molecular weight excluding hydrogens is 410 g/mol. The van der Waals surface area contributed by atoms with Gasteiger partial charge in [0.15, 0.2) is 5.17 Å². The molecule has 0 aliphatic carbocycles. The van der Waals surface area contributed by atoms with Gasteiger partial charge in [0.05, 0.1) is 25.3 Å². The summed E-state index contributed by atoms with van der Waals surface area (Å²) in [5, 5.41) is 18.5. The number of ether oxygens (including phenoxy) is 2. The first-order valence-electron chi connectivity index (χ1n) is 8.71.